The van der Waals surface area contributed by atoms with E-state index in [1.54, 1.807) is 0 Å². The molecule has 5 heteroatoms. The molecule has 23 heavy (non-hydrogen) atoms. The molecule has 2 heterocycles. The molecule has 1 aliphatic carbocycles. The Morgan fingerprint density at radius 2 is 1.96 bits per heavy atom. The Morgan fingerprint density at radius 1 is 1.17 bits per heavy atom. The van der Waals surface area contributed by atoms with E-state index in [4.69, 9.17) is 26.7 Å². The minimum Gasteiger partial charge on any atom is -0.454 e. The van der Waals surface area contributed by atoms with Crippen molar-refractivity contribution in [2.45, 2.75) is 51.0 Å². The van der Waals surface area contributed by atoms with Crippen molar-refractivity contribution in [1.29, 1.82) is 0 Å². The van der Waals surface area contributed by atoms with Crippen LogP contribution in [0, 0.1) is 0 Å². The Labute approximate surface area is 142 Å². The zero-order valence-corrected chi connectivity index (χ0v) is 14.1. The molecule has 4 rings (SSSR count). The van der Waals surface area contributed by atoms with Gasteiger partial charge in [-0.2, -0.15) is 0 Å². The van der Waals surface area contributed by atoms with Crippen LogP contribution < -0.4 is 14.8 Å². The van der Waals surface area contributed by atoms with Crippen molar-refractivity contribution in [3.8, 4) is 11.5 Å². The molecule has 0 aromatic heterocycles. The van der Waals surface area contributed by atoms with E-state index in [-0.39, 0.29) is 0 Å². The number of hydrogen-bond donors (Lipinski definition) is 1. The van der Waals surface area contributed by atoms with Crippen LogP contribution in [0.2, 0.25) is 0 Å². The van der Waals surface area contributed by atoms with Gasteiger partial charge >= 0.3 is 0 Å². The van der Waals surface area contributed by atoms with Gasteiger partial charge in [0.15, 0.2) is 11.5 Å². The van der Waals surface area contributed by atoms with Gasteiger partial charge in [-0.25, -0.2) is 0 Å². The van der Waals surface area contributed by atoms with Crippen molar-refractivity contribution >= 4 is 22.9 Å². The lowest BCUT2D eigenvalue weighted by Crippen LogP contribution is -2.36. The normalized spacial score (nSPS) is 19.9. The number of nitrogens with one attached hydrogen (secondary N) is 1. The van der Waals surface area contributed by atoms with E-state index in [1.165, 1.54) is 43.2 Å². The highest BCUT2D eigenvalue weighted by Crippen LogP contribution is 2.36. The number of fused-ring (bicyclic) bond motifs is 2. The van der Waals surface area contributed by atoms with Crippen LogP contribution in [-0.4, -0.2) is 30.1 Å². The number of thiocarbonyl (C=S) groups is 1. The zero-order chi connectivity index (χ0) is 15.6. The second kappa shape index (κ2) is 6.48. The van der Waals surface area contributed by atoms with Gasteiger partial charge in [0.25, 0.3) is 0 Å². The first-order chi connectivity index (χ1) is 11.3. The van der Waals surface area contributed by atoms with Gasteiger partial charge < -0.3 is 14.8 Å². The van der Waals surface area contributed by atoms with Crippen molar-refractivity contribution < 1.29 is 9.47 Å². The van der Waals surface area contributed by atoms with Gasteiger partial charge in [0.1, 0.15) is 0 Å². The van der Waals surface area contributed by atoms with E-state index >= 15 is 0 Å². The van der Waals surface area contributed by atoms with E-state index in [1.807, 2.05) is 0 Å². The molecule has 3 aliphatic rings. The number of hydrogen-bond acceptors (Lipinski definition) is 4. The highest BCUT2D eigenvalue weighted by atomic mass is 32.1. The largest absolute Gasteiger partial charge is 0.454 e. The van der Waals surface area contributed by atoms with Crippen LogP contribution in [0.4, 0.5) is 0 Å². The van der Waals surface area contributed by atoms with E-state index in [2.05, 4.69) is 17.4 Å². The molecule has 122 valence electrons. The second-order valence-electron chi connectivity index (χ2n) is 6.52. The highest BCUT2D eigenvalue weighted by molar-refractivity contribution is 7.80. The monoisotopic (exact) mass is 330 g/mol. The Kier molecular flexibility index (Phi) is 4.21. The fourth-order valence-electron chi connectivity index (χ4n) is 3.68. The highest BCUT2D eigenvalue weighted by Gasteiger charge is 2.23. The average molecular weight is 330 g/mol. The topological polar surface area (TPSA) is 42.9 Å². The van der Waals surface area contributed by atoms with E-state index in [0.717, 1.165) is 41.6 Å². The lowest BCUT2D eigenvalue weighted by molar-refractivity contribution is 0.174. The quantitative estimate of drug-likeness (QED) is 0.863. The summed E-state index contributed by atoms with van der Waals surface area (Å²) in [6, 6.07) is 4.72. The fraction of sp³-hybridized carbons (Fsp3) is 0.556. The molecule has 1 saturated carbocycles. The third kappa shape index (κ3) is 3.20. The van der Waals surface area contributed by atoms with Gasteiger partial charge in [-0.05, 0) is 37.0 Å². The first-order valence-corrected chi connectivity index (χ1v) is 8.96. The molecule has 0 amide bonds. The molecule has 1 aromatic carbocycles. The molecule has 0 saturated heterocycles. The summed E-state index contributed by atoms with van der Waals surface area (Å²) >= 11 is 5.60. The lowest BCUT2D eigenvalue weighted by atomic mass is 9.94. The second-order valence-corrected chi connectivity index (χ2v) is 7.01. The standard InChI is InChI=1S/C18H22N2O2S/c23-18(20-13-4-2-1-3-5-13)10-15-14-9-17-16(21-11-22-17)8-12(14)6-7-19-15/h8-9,13H,1-7,10-11H2,(H,20,23). The van der Waals surface area contributed by atoms with Crippen LogP contribution >= 0.6 is 12.2 Å². The Balaban J connectivity index is 1.47. The lowest BCUT2D eigenvalue weighted by Gasteiger charge is -2.25. The first kappa shape index (κ1) is 14.9. The van der Waals surface area contributed by atoms with Crippen molar-refractivity contribution in [2.24, 2.45) is 4.99 Å². The minimum atomic E-state index is 0.312. The average Bonchev–Trinajstić information content (AvgIpc) is 3.01. The molecular weight excluding hydrogens is 308 g/mol. The van der Waals surface area contributed by atoms with Crippen molar-refractivity contribution in [2.75, 3.05) is 13.3 Å². The maximum atomic E-state index is 5.60. The van der Waals surface area contributed by atoms with Crippen LogP contribution in [0.1, 0.15) is 49.7 Å². The summed E-state index contributed by atoms with van der Waals surface area (Å²) in [5.41, 5.74) is 3.55. The Bertz CT molecular complexity index is 651. The van der Waals surface area contributed by atoms with Gasteiger partial charge in [0.2, 0.25) is 6.79 Å². The molecule has 0 spiro atoms. The van der Waals surface area contributed by atoms with E-state index in [0.29, 0.717) is 12.8 Å². The Hall–Kier alpha value is -1.62. The molecular formula is C18H22N2O2S. The van der Waals surface area contributed by atoms with Crippen molar-refractivity contribution in [3.05, 3.63) is 23.3 Å². The fourth-order valence-corrected chi connectivity index (χ4v) is 3.99. The maximum Gasteiger partial charge on any atom is 0.231 e. The third-order valence-electron chi connectivity index (χ3n) is 4.89. The maximum absolute atomic E-state index is 5.60. The van der Waals surface area contributed by atoms with E-state index in [9.17, 15) is 0 Å². The van der Waals surface area contributed by atoms with Crippen molar-refractivity contribution in [3.63, 3.8) is 0 Å². The summed E-state index contributed by atoms with van der Waals surface area (Å²) in [5, 5.41) is 3.54. The predicted molar refractivity (Wildman–Crippen MR) is 94.9 cm³/mol. The van der Waals surface area contributed by atoms with Gasteiger partial charge in [0.05, 0.1) is 4.99 Å². The minimum absolute atomic E-state index is 0.312. The van der Waals surface area contributed by atoms with E-state index < -0.39 is 0 Å². The van der Waals surface area contributed by atoms with Gasteiger partial charge in [-0.1, -0.05) is 31.5 Å². The number of ether oxygens (including phenoxy) is 2. The SMILES string of the molecule is S=C(CC1=NCCc2cc3c(cc21)OCO3)NC1CCCCC1. The number of aliphatic imine (C=N–C) groups is 1. The molecule has 0 unspecified atom stereocenters. The molecule has 4 nitrogen and oxygen atoms in total. The van der Waals surface area contributed by atoms with Crippen molar-refractivity contribution in [1.82, 2.24) is 5.32 Å². The predicted octanol–water partition coefficient (Wildman–Crippen LogP) is 3.40. The summed E-state index contributed by atoms with van der Waals surface area (Å²) in [4.78, 5) is 5.64. The molecule has 0 bridgehead atoms. The first-order valence-electron chi connectivity index (χ1n) is 8.55. The molecule has 1 aromatic rings. The number of nitrogens with zero attached hydrogens (tertiary/aromatic N) is 1. The van der Waals surface area contributed by atoms with Gasteiger partial charge in [-0.3, -0.25) is 4.99 Å². The van der Waals surface area contributed by atoms with Crippen LogP contribution in [0.5, 0.6) is 11.5 Å². The summed E-state index contributed by atoms with van der Waals surface area (Å²) in [6.07, 6.45) is 8.14. The molecule has 2 aliphatic heterocycles. The third-order valence-corrected chi connectivity index (χ3v) is 5.15. The number of benzene rings is 1. The number of rotatable bonds is 3. The molecule has 1 fully saturated rings. The van der Waals surface area contributed by atoms with Crippen LogP contribution in [-0.2, 0) is 6.42 Å². The van der Waals surface area contributed by atoms with Gasteiger partial charge in [-0.15, -0.1) is 0 Å². The summed E-state index contributed by atoms with van der Waals surface area (Å²) < 4.78 is 11.0. The van der Waals surface area contributed by atoms with Crippen LogP contribution in [0.3, 0.4) is 0 Å². The van der Waals surface area contributed by atoms with Gasteiger partial charge in [0, 0.05) is 30.3 Å². The molecule has 0 atom stereocenters. The molecule has 1 N–H and O–H groups in total. The Morgan fingerprint density at radius 3 is 2.78 bits per heavy atom. The smallest absolute Gasteiger partial charge is 0.231 e. The summed E-state index contributed by atoms with van der Waals surface area (Å²) in [6.45, 7) is 1.14. The summed E-state index contributed by atoms with van der Waals surface area (Å²) in [5.74, 6) is 1.68. The van der Waals surface area contributed by atoms with Crippen LogP contribution in [0.15, 0.2) is 17.1 Å². The zero-order valence-electron chi connectivity index (χ0n) is 13.3. The van der Waals surface area contributed by atoms with Crippen LogP contribution in [0.25, 0.3) is 0 Å². The molecule has 0 radical (unpaired) electrons. The summed E-state index contributed by atoms with van der Waals surface area (Å²) in [7, 11) is 0.